The van der Waals surface area contributed by atoms with E-state index in [0.29, 0.717) is 18.7 Å². The van der Waals surface area contributed by atoms with Crippen LogP contribution in [-0.4, -0.2) is 51.5 Å². The Morgan fingerprint density at radius 1 is 1.23 bits per heavy atom. The maximum Gasteiger partial charge on any atom is 0.339 e. The third-order valence-electron chi connectivity index (χ3n) is 5.42. The molecule has 0 atom stereocenters. The molecule has 0 saturated carbocycles. The van der Waals surface area contributed by atoms with E-state index in [2.05, 4.69) is 15.3 Å². The average Bonchev–Trinajstić information content (AvgIpc) is 3.13. The zero-order chi connectivity index (χ0) is 21.6. The van der Waals surface area contributed by atoms with Gasteiger partial charge in [0.15, 0.2) is 0 Å². The van der Waals surface area contributed by atoms with Gasteiger partial charge in [-0.05, 0) is 43.5 Å². The normalized spacial score (nSPS) is 14.5. The van der Waals surface area contributed by atoms with E-state index in [1.807, 2.05) is 17.0 Å². The Hall–Kier alpha value is -3.55. The van der Waals surface area contributed by atoms with Crippen molar-refractivity contribution in [2.75, 3.05) is 25.0 Å². The molecule has 1 amide bonds. The van der Waals surface area contributed by atoms with E-state index in [9.17, 15) is 14.7 Å². The molecule has 1 fully saturated rings. The van der Waals surface area contributed by atoms with Crippen LogP contribution in [0.4, 0.5) is 5.69 Å². The van der Waals surface area contributed by atoms with Crippen LogP contribution in [0, 0.1) is 0 Å². The minimum absolute atomic E-state index is 0.0786. The highest BCUT2D eigenvalue weighted by Crippen LogP contribution is 2.29. The van der Waals surface area contributed by atoms with Crippen molar-refractivity contribution in [1.29, 1.82) is 0 Å². The largest absolute Gasteiger partial charge is 0.478 e. The number of anilines is 1. The average molecular weight is 422 g/mol. The maximum atomic E-state index is 12.1. The highest BCUT2D eigenvalue weighted by molar-refractivity contribution is 5.91. The molecule has 1 aliphatic rings. The molecule has 162 valence electrons. The number of pyridine rings is 1. The highest BCUT2D eigenvalue weighted by Gasteiger charge is 2.16. The zero-order valence-corrected chi connectivity index (χ0v) is 17.3. The van der Waals surface area contributed by atoms with E-state index < -0.39 is 5.97 Å². The first-order valence-corrected chi connectivity index (χ1v) is 10.6. The number of aromatic amines is 1. The minimum Gasteiger partial charge on any atom is -0.478 e. The number of amides is 1. The van der Waals surface area contributed by atoms with Crippen LogP contribution in [0.5, 0.6) is 11.5 Å². The smallest absolute Gasteiger partial charge is 0.339 e. The fourth-order valence-electron chi connectivity index (χ4n) is 3.77. The van der Waals surface area contributed by atoms with Gasteiger partial charge in [0.05, 0.1) is 6.20 Å². The monoisotopic (exact) mass is 422 g/mol. The highest BCUT2D eigenvalue weighted by atomic mass is 16.5. The van der Waals surface area contributed by atoms with E-state index >= 15 is 0 Å². The number of rotatable bonds is 8. The number of carboxylic acids is 1. The van der Waals surface area contributed by atoms with E-state index in [4.69, 9.17) is 4.74 Å². The quantitative estimate of drug-likeness (QED) is 0.468. The Morgan fingerprint density at radius 3 is 3.00 bits per heavy atom. The number of hydrogen-bond acceptors (Lipinski definition) is 5. The topological polar surface area (TPSA) is 108 Å². The van der Waals surface area contributed by atoms with Gasteiger partial charge in [0.1, 0.15) is 22.7 Å². The Balaban J connectivity index is 1.40. The van der Waals surface area contributed by atoms with Gasteiger partial charge in [0.25, 0.3) is 0 Å². The lowest BCUT2D eigenvalue weighted by Gasteiger charge is -2.20. The number of carboxylic acid groups (broad SMARTS) is 1. The summed E-state index contributed by atoms with van der Waals surface area (Å²) in [4.78, 5) is 33.0. The number of H-pyrrole nitrogens is 1. The van der Waals surface area contributed by atoms with Crippen LogP contribution in [0.25, 0.3) is 11.0 Å². The molecule has 1 aromatic carbocycles. The van der Waals surface area contributed by atoms with Gasteiger partial charge in [0, 0.05) is 49.4 Å². The summed E-state index contributed by atoms with van der Waals surface area (Å²) >= 11 is 0. The molecule has 2 aromatic heterocycles. The second-order valence-electron chi connectivity index (χ2n) is 7.68. The van der Waals surface area contributed by atoms with Gasteiger partial charge in [0.2, 0.25) is 5.91 Å². The number of likely N-dealkylation sites (tertiary alicyclic amines) is 1. The Labute approximate surface area is 180 Å². The summed E-state index contributed by atoms with van der Waals surface area (Å²) in [5.74, 6) is -0.104. The minimum atomic E-state index is -1.06. The van der Waals surface area contributed by atoms with Crippen molar-refractivity contribution < 1.29 is 19.4 Å². The van der Waals surface area contributed by atoms with Gasteiger partial charge in [-0.1, -0.05) is 6.42 Å². The molecule has 3 N–H and O–H groups in total. The van der Waals surface area contributed by atoms with E-state index in [-0.39, 0.29) is 17.2 Å². The third-order valence-corrected chi connectivity index (χ3v) is 5.42. The molecular formula is C23H26N4O4. The molecule has 8 heteroatoms. The summed E-state index contributed by atoms with van der Waals surface area (Å²) in [5.41, 5.74) is 1.58. The summed E-state index contributed by atoms with van der Waals surface area (Å²) < 4.78 is 5.87. The van der Waals surface area contributed by atoms with Crippen molar-refractivity contribution in [3.05, 3.63) is 48.3 Å². The molecule has 0 bridgehead atoms. The Bertz CT molecular complexity index is 1080. The number of fused-ring (bicyclic) bond motifs is 1. The van der Waals surface area contributed by atoms with Crippen LogP contribution in [0.15, 0.2) is 42.7 Å². The second kappa shape index (κ2) is 9.51. The molecule has 1 saturated heterocycles. The summed E-state index contributed by atoms with van der Waals surface area (Å²) in [6, 6.07) is 8.62. The Kier molecular flexibility index (Phi) is 6.35. The molecule has 0 spiro atoms. The number of carbonyl (C=O) groups excluding carboxylic acids is 1. The molecule has 0 aliphatic carbocycles. The first-order chi connectivity index (χ1) is 15.1. The van der Waals surface area contributed by atoms with Crippen LogP contribution >= 0.6 is 0 Å². The van der Waals surface area contributed by atoms with E-state index in [0.717, 1.165) is 55.5 Å². The number of benzene rings is 1. The van der Waals surface area contributed by atoms with Crippen LogP contribution < -0.4 is 10.1 Å². The van der Waals surface area contributed by atoms with Crippen molar-refractivity contribution in [1.82, 2.24) is 14.9 Å². The van der Waals surface area contributed by atoms with Crippen LogP contribution in [0.3, 0.4) is 0 Å². The van der Waals surface area contributed by atoms with Crippen molar-refractivity contribution in [3.63, 3.8) is 0 Å². The summed E-state index contributed by atoms with van der Waals surface area (Å²) in [7, 11) is 0. The predicted octanol–water partition coefficient (Wildman–Crippen LogP) is 4.26. The molecule has 0 radical (unpaired) electrons. The number of aromatic nitrogens is 2. The fraction of sp³-hybridized carbons (Fsp3) is 0.348. The molecular weight excluding hydrogens is 396 g/mol. The third kappa shape index (κ3) is 5.14. The number of aromatic carboxylic acids is 1. The van der Waals surface area contributed by atoms with Crippen molar-refractivity contribution in [2.45, 2.75) is 32.1 Å². The second-order valence-corrected chi connectivity index (χ2v) is 7.68. The van der Waals surface area contributed by atoms with E-state index in [1.54, 1.807) is 24.5 Å². The number of nitrogens with one attached hydrogen (secondary N) is 2. The maximum absolute atomic E-state index is 12.1. The molecule has 3 heterocycles. The van der Waals surface area contributed by atoms with Gasteiger partial charge in [-0.3, -0.25) is 4.79 Å². The zero-order valence-electron chi connectivity index (χ0n) is 17.3. The van der Waals surface area contributed by atoms with Crippen LogP contribution in [0.1, 0.15) is 42.5 Å². The summed E-state index contributed by atoms with van der Waals surface area (Å²) in [6.45, 7) is 2.24. The summed E-state index contributed by atoms with van der Waals surface area (Å²) in [6.07, 6.45) is 7.98. The summed E-state index contributed by atoms with van der Waals surface area (Å²) in [5, 5.41) is 13.7. The first kappa shape index (κ1) is 20.7. The van der Waals surface area contributed by atoms with E-state index in [1.165, 1.54) is 6.07 Å². The predicted molar refractivity (Wildman–Crippen MR) is 118 cm³/mol. The van der Waals surface area contributed by atoms with Crippen molar-refractivity contribution in [3.8, 4) is 11.5 Å². The van der Waals surface area contributed by atoms with Crippen molar-refractivity contribution in [2.24, 2.45) is 0 Å². The standard InChI is InChI=1S/C23H26N4O4/c28-21-5-2-1-3-11-27(21)12-4-9-24-17-6-7-19(23(29)30)20(14-17)31-18-13-16-8-10-25-22(16)26-15-18/h6-8,10,13-15,24H,1-5,9,11-12H2,(H,25,26)(H,29,30). The number of ether oxygens (including phenoxy) is 1. The number of nitrogens with zero attached hydrogens (tertiary/aromatic N) is 2. The SMILES string of the molecule is O=C(O)c1ccc(NCCCN2CCCCCC2=O)cc1Oc1cnc2[nH]ccc2c1. The number of hydrogen-bond donors (Lipinski definition) is 3. The molecule has 8 nitrogen and oxygen atoms in total. The van der Waals surface area contributed by atoms with Gasteiger partial charge in [-0.15, -0.1) is 0 Å². The van der Waals surface area contributed by atoms with Crippen LogP contribution in [-0.2, 0) is 4.79 Å². The lowest BCUT2D eigenvalue weighted by molar-refractivity contribution is -0.130. The van der Waals surface area contributed by atoms with Crippen LogP contribution in [0.2, 0.25) is 0 Å². The van der Waals surface area contributed by atoms with Gasteiger partial charge in [-0.25, -0.2) is 9.78 Å². The number of carbonyl (C=O) groups is 2. The lowest BCUT2D eigenvalue weighted by Crippen LogP contribution is -2.32. The van der Waals surface area contributed by atoms with Gasteiger partial charge < -0.3 is 25.0 Å². The van der Waals surface area contributed by atoms with Gasteiger partial charge >= 0.3 is 5.97 Å². The molecule has 4 rings (SSSR count). The fourth-order valence-corrected chi connectivity index (χ4v) is 3.77. The lowest BCUT2D eigenvalue weighted by atomic mass is 10.1. The van der Waals surface area contributed by atoms with Crippen molar-refractivity contribution >= 4 is 28.6 Å². The van der Waals surface area contributed by atoms with Gasteiger partial charge in [-0.2, -0.15) is 0 Å². The molecule has 31 heavy (non-hydrogen) atoms. The Morgan fingerprint density at radius 2 is 2.13 bits per heavy atom. The molecule has 3 aromatic rings. The first-order valence-electron chi connectivity index (χ1n) is 10.6. The molecule has 0 unspecified atom stereocenters. The molecule has 1 aliphatic heterocycles.